The molecule has 2 amide bonds. The molecule has 0 radical (unpaired) electrons. The molecule has 1 aromatic carbocycles. The minimum atomic E-state index is -0.308. The number of aromatic nitrogens is 1. The molecule has 4 N–H and O–H groups in total. The van der Waals surface area contributed by atoms with Gasteiger partial charge in [0, 0.05) is 11.7 Å². The standard InChI is InChI=1S/C15H20N4O2/c1-9(16)12-4-6-13(7-5-12)19-15(20)17-8-14-18-10(2)11(3)21-14/h4-7,9H,8,16H2,1-3H3,(H2,17,19,20). The Morgan fingerprint density at radius 1 is 1.33 bits per heavy atom. The zero-order valence-electron chi connectivity index (χ0n) is 12.4. The van der Waals surface area contributed by atoms with Gasteiger partial charge in [0.1, 0.15) is 5.76 Å². The van der Waals surface area contributed by atoms with E-state index in [2.05, 4.69) is 15.6 Å². The van der Waals surface area contributed by atoms with Gasteiger partial charge in [-0.05, 0) is 38.5 Å². The second-order valence-corrected chi connectivity index (χ2v) is 4.97. The molecule has 0 aliphatic heterocycles. The Hall–Kier alpha value is -2.34. The maximum atomic E-state index is 11.8. The Morgan fingerprint density at radius 2 is 2.00 bits per heavy atom. The zero-order valence-corrected chi connectivity index (χ0v) is 12.4. The number of oxazole rings is 1. The third kappa shape index (κ3) is 4.06. The molecule has 1 unspecified atom stereocenters. The Labute approximate surface area is 123 Å². The maximum absolute atomic E-state index is 11.8. The minimum absolute atomic E-state index is 0.0237. The molecular formula is C15H20N4O2. The fourth-order valence-electron chi connectivity index (χ4n) is 1.82. The largest absolute Gasteiger partial charge is 0.444 e. The van der Waals surface area contributed by atoms with Gasteiger partial charge in [0.15, 0.2) is 0 Å². The van der Waals surface area contributed by atoms with Crippen LogP contribution in [0.25, 0.3) is 0 Å². The van der Waals surface area contributed by atoms with E-state index >= 15 is 0 Å². The molecule has 0 spiro atoms. The van der Waals surface area contributed by atoms with E-state index in [-0.39, 0.29) is 18.6 Å². The van der Waals surface area contributed by atoms with Gasteiger partial charge in [0.25, 0.3) is 0 Å². The van der Waals surface area contributed by atoms with Crippen molar-refractivity contribution in [1.29, 1.82) is 0 Å². The number of urea groups is 1. The molecule has 1 aromatic heterocycles. The normalized spacial score (nSPS) is 12.0. The molecule has 2 rings (SSSR count). The van der Waals surface area contributed by atoms with Crippen LogP contribution in [0.5, 0.6) is 0 Å². The highest BCUT2D eigenvalue weighted by Crippen LogP contribution is 2.14. The summed E-state index contributed by atoms with van der Waals surface area (Å²) in [5.74, 6) is 1.26. The van der Waals surface area contributed by atoms with Crippen LogP contribution in [-0.2, 0) is 6.54 Å². The Bertz CT molecular complexity index is 598. The summed E-state index contributed by atoms with van der Waals surface area (Å²) in [6.07, 6.45) is 0. The van der Waals surface area contributed by atoms with Crippen LogP contribution in [0.15, 0.2) is 28.7 Å². The number of nitrogens with two attached hydrogens (primary N) is 1. The summed E-state index contributed by atoms with van der Waals surface area (Å²) in [4.78, 5) is 16.0. The predicted octanol–water partition coefficient (Wildman–Crippen LogP) is 2.63. The molecule has 6 heteroatoms. The summed E-state index contributed by atoms with van der Waals surface area (Å²) in [5, 5.41) is 5.43. The van der Waals surface area contributed by atoms with Gasteiger partial charge in [-0.25, -0.2) is 9.78 Å². The molecule has 21 heavy (non-hydrogen) atoms. The topological polar surface area (TPSA) is 93.2 Å². The molecule has 0 aliphatic carbocycles. The average Bonchev–Trinajstić information content (AvgIpc) is 2.76. The molecule has 1 atom stereocenters. The first-order valence-electron chi connectivity index (χ1n) is 6.79. The van der Waals surface area contributed by atoms with Crippen molar-refractivity contribution in [2.24, 2.45) is 5.73 Å². The fourth-order valence-corrected chi connectivity index (χ4v) is 1.82. The molecule has 112 valence electrons. The third-order valence-corrected chi connectivity index (χ3v) is 3.17. The van der Waals surface area contributed by atoms with Crippen molar-refractivity contribution in [3.05, 3.63) is 47.2 Å². The Balaban J connectivity index is 1.86. The van der Waals surface area contributed by atoms with Crippen molar-refractivity contribution in [2.75, 3.05) is 5.32 Å². The van der Waals surface area contributed by atoms with Gasteiger partial charge in [-0.15, -0.1) is 0 Å². The molecule has 0 saturated heterocycles. The number of nitrogens with one attached hydrogen (secondary N) is 2. The lowest BCUT2D eigenvalue weighted by atomic mass is 10.1. The average molecular weight is 288 g/mol. The van der Waals surface area contributed by atoms with Crippen molar-refractivity contribution < 1.29 is 9.21 Å². The van der Waals surface area contributed by atoms with Gasteiger partial charge in [0.05, 0.1) is 12.2 Å². The number of anilines is 1. The van der Waals surface area contributed by atoms with Gasteiger partial charge < -0.3 is 20.8 Å². The molecule has 0 saturated carbocycles. The molecule has 0 bridgehead atoms. The van der Waals surface area contributed by atoms with Crippen molar-refractivity contribution in [2.45, 2.75) is 33.4 Å². The number of carbonyl (C=O) groups is 1. The van der Waals surface area contributed by atoms with Crippen LogP contribution in [0.4, 0.5) is 10.5 Å². The van der Waals surface area contributed by atoms with Crippen LogP contribution in [0, 0.1) is 13.8 Å². The van der Waals surface area contributed by atoms with Crippen LogP contribution < -0.4 is 16.4 Å². The molecule has 0 aliphatic rings. The molecule has 6 nitrogen and oxygen atoms in total. The van der Waals surface area contributed by atoms with E-state index < -0.39 is 0 Å². The van der Waals surface area contributed by atoms with Crippen molar-refractivity contribution >= 4 is 11.7 Å². The third-order valence-electron chi connectivity index (χ3n) is 3.17. The number of hydrogen-bond acceptors (Lipinski definition) is 4. The van der Waals surface area contributed by atoms with Crippen molar-refractivity contribution in [1.82, 2.24) is 10.3 Å². The lowest BCUT2D eigenvalue weighted by Crippen LogP contribution is -2.28. The number of aryl methyl sites for hydroxylation is 2. The quantitative estimate of drug-likeness (QED) is 0.806. The lowest BCUT2D eigenvalue weighted by Gasteiger charge is -2.09. The van der Waals surface area contributed by atoms with E-state index in [1.807, 2.05) is 45.0 Å². The summed E-state index contributed by atoms with van der Waals surface area (Å²) in [6.45, 7) is 5.86. The second-order valence-electron chi connectivity index (χ2n) is 4.97. The molecular weight excluding hydrogens is 268 g/mol. The predicted molar refractivity (Wildman–Crippen MR) is 80.9 cm³/mol. The van der Waals surface area contributed by atoms with E-state index in [0.29, 0.717) is 11.6 Å². The van der Waals surface area contributed by atoms with Crippen molar-refractivity contribution in [3.63, 3.8) is 0 Å². The Morgan fingerprint density at radius 3 is 2.52 bits per heavy atom. The smallest absolute Gasteiger partial charge is 0.319 e. The van der Waals surface area contributed by atoms with Crippen molar-refractivity contribution in [3.8, 4) is 0 Å². The lowest BCUT2D eigenvalue weighted by molar-refractivity contribution is 0.250. The van der Waals surface area contributed by atoms with Crippen LogP contribution in [0.1, 0.15) is 35.9 Å². The number of amides is 2. The second kappa shape index (κ2) is 6.41. The highest BCUT2D eigenvalue weighted by atomic mass is 16.4. The van der Waals surface area contributed by atoms with Gasteiger partial charge in [-0.1, -0.05) is 12.1 Å². The number of hydrogen-bond donors (Lipinski definition) is 3. The highest BCUT2D eigenvalue weighted by Gasteiger charge is 2.08. The number of carbonyl (C=O) groups excluding carboxylic acids is 1. The van der Waals surface area contributed by atoms with E-state index in [1.54, 1.807) is 0 Å². The summed E-state index contributed by atoms with van der Waals surface area (Å²) in [7, 11) is 0. The first-order chi connectivity index (χ1) is 9.95. The van der Waals surface area contributed by atoms with Gasteiger partial charge in [0.2, 0.25) is 5.89 Å². The number of rotatable bonds is 4. The Kier molecular flexibility index (Phi) is 4.59. The monoisotopic (exact) mass is 288 g/mol. The molecule has 0 fully saturated rings. The summed E-state index contributed by atoms with van der Waals surface area (Å²) < 4.78 is 5.39. The molecule has 1 heterocycles. The van der Waals surface area contributed by atoms with E-state index in [1.165, 1.54) is 0 Å². The summed E-state index contributed by atoms with van der Waals surface area (Å²) >= 11 is 0. The highest BCUT2D eigenvalue weighted by molar-refractivity contribution is 5.89. The van der Waals surface area contributed by atoms with E-state index in [9.17, 15) is 4.79 Å². The van der Waals surface area contributed by atoms with Gasteiger partial charge in [-0.2, -0.15) is 0 Å². The maximum Gasteiger partial charge on any atom is 0.319 e. The SMILES string of the molecule is Cc1nc(CNC(=O)Nc2ccc(C(C)N)cc2)oc1C. The summed E-state index contributed by atoms with van der Waals surface area (Å²) in [6, 6.07) is 7.08. The van der Waals surface area contributed by atoms with Crippen LogP contribution in [-0.4, -0.2) is 11.0 Å². The van der Waals surface area contributed by atoms with E-state index in [0.717, 1.165) is 17.0 Å². The number of benzene rings is 1. The van der Waals surface area contributed by atoms with Gasteiger partial charge in [-0.3, -0.25) is 0 Å². The first kappa shape index (κ1) is 15.1. The van der Waals surface area contributed by atoms with E-state index in [4.69, 9.17) is 10.2 Å². The van der Waals surface area contributed by atoms with Gasteiger partial charge >= 0.3 is 6.03 Å². The summed E-state index contributed by atoms with van der Waals surface area (Å²) in [5.41, 5.74) is 8.33. The van der Waals surface area contributed by atoms with Crippen LogP contribution >= 0.6 is 0 Å². The fraction of sp³-hybridized carbons (Fsp3) is 0.333. The first-order valence-corrected chi connectivity index (χ1v) is 6.79. The number of nitrogens with zero attached hydrogens (tertiary/aromatic N) is 1. The van der Waals surface area contributed by atoms with Crippen LogP contribution in [0.2, 0.25) is 0 Å². The van der Waals surface area contributed by atoms with Crippen LogP contribution in [0.3, 0.4) is 0 Å². The molecule has 2 aromatic rings. The minimum Gasteiger partial charge on any atom is -0.444 e. The zero-order chi connectivity index (χ0) is 15.4.